The first-order valence-electron chi connectivity index (χ1n) is 7.70. The fraction of sp³-hybridized carbons (Fsp3) is 1.00. The molecule has 19 heavy (non-hydrogen) atoms. The van der Waals surface area contributed by atoms with Gasteiger partial charge < -0.3 is 0 Å². The van der Waals surface area contributed by atoms with Crippen LogP contribution in [-0.4, -0.2) is 17.7 Å². The normalized spacial score (nSPS) is 12.0. The zero-order valence-corrected chi connectivity index (χ0v) is 13.1. The topological polar surface area (TPSA) is 0 Å². The SMILES string of the molecule is CCCCCCCCCCSCCCCC(F)(F)F. The Kier molecular flexibility index (Phi) is 13.2. The summed E-state index contributed by atoms with van der Waals surface area (Å²) >= 11 is 1.81. The predicted molar refractivity (Wildman–Crippen MR) is 79.8 cm³/mol. The summed E-state index contributed by atoms with van der Waals surface area (Å²) in [4.78, 5) is 0. The van der Waals surface area contributed by atoms with Crippen LogP contribution in [0.3, 0.4) is 0 Å². The van der Waals surface area contributed by atoms with Gasteiger partial charge in [0.25, 0.3) is 0 Å². The highest BCUT2D eigenvalue weighted by molar-refractivity contribution is 7.99. The van der Waals surface area contributed by atoms with Gasteiger partial charge in [0.15, 0.2) is 0 Å². The van der Waals surface area contributed by atoms with Crippen molar-refractivity contribution in [2.24, 2.45) is 0 Å². The molecule has 0 aromatic carbocycles. The van der Waals surface area contributed by atoms with Crippen molar-refractivity contribution in [1.82, 2.24) is 0 Å². The Morgan fingerprint density at radius 1 is 0.684 bits per heavy atom. The van der Waals surface area contributed by atoms with Crippen molar-refractivity contribution in [3.8, 4) is 0 Å². The molecule has 0 unspecified atom stereocenters. The van der Waals surface area contributed by atoms with E-state index >= 15 is 0 Å². The van der Waals surface area contributed by atoms with Gasteiger partial charge >= 0.3 is 6.18 Å². The van der Waals surface area contributed by atoms with E-state index in [9.17, 15) is 13.2 Å². The van der Waals surface area contributed by atoms with Crippen molar-refractivity contribution < 1.29 is 13.2 Å². The number of unbranched alkanes of at least 4 members (excludes halogenated alkanes) is 8. The highest BCUT2D eigenvalue weighted by Crippen LogP contribution is 2.23. The Labute approximate surface area is 120 Å². The first-order chi connectivity index (χ1) is 9.06. The van der Waals surface area contributed by atoms with Gasteiger partial charge in [0.1, 0.15) is 0 Å². The van der Waals surface area contributed by atoms with E-state index in [1.54, 1.807) is 0 Å². The van der Waals surface area contributed by atoms with Crippen molar-refractivity contribution >= 4 is 11.8 Å². The predicted octanol–water partition coefficient (Wildman–Crippen LogP) is 6.59. The molecule has 4 heteroatoms. The van der Waals surface area contributed by atoms with Crippen molar-refractivity contribution in [1.29, 1.82) is 0 Å². The molecule has 0 N–H and O–H groups in total. The van der Waals surface area contributed by atoms with Crippen molar-refractivity contribution in [2.45, 2.75) is 83.7 Å². The van der Waals surface area contributed by atoms with E-state index in [0.717, 1.165) is 11.5 Å². The van der Waals surface area contributed by atoms with E-state index in [1.165, 1.54) is 51.4 Å². The van der Waals surface area contributed by atoms with Gasteiger partial charge in [-0.25, -0.2) is 0 Å². The van der Waals surface area contributed by atoms with Crippen LogP contribution >= 0.6 is 11.8 Å². The van der Waals surface area contributed by atoms with Gasteiger partial charge in [-0.3, -0.25) is 0 Å². The van der Waals surface area contributed by atoms with E-state index in [1.807, 2.05) is 11.8 Å². The van der Waals surface area contributed by atoms with Gasteiger partial charge in [0.05, 0.1) is 0 Å². The van der Waals surface area contributed by atoms with E-state index in [4.69, 9.17) is 0 Å². The van der Waals surface area contributed by atoms with E-state index in [0.29, 0.717) is 6.42 Å². The summed E-state index contributed by atoms with van der Waals surface area (Å²) in [5.74, 6) is 1.99. The summed E-state index contributed by atoms with van der Waals surface area (Å²) < 4.78 is 35.6. The van der Waals surface area contributed by atoms with Crippen LogP contribution in [0.1, 0.15) is 77.6 Å². The molecule has 0 saturated heterocycles. The standard InChI is InChI=1S/C15H29F3S/c1-2-3-4-5-6-7-8-10-13-19-14-11-9-12-15(16,17)18/h2-14H2,1H3. The zero-order valence-electron chi connectivity index (χ0n) is 12.2. The largest absolute Gasteiger partial charge is 0.389 e. The quantitative estimate of drug-likeness (QED) is 0.345. The molecule has 116 valence electrons. The zero-order chi connectivity index (χ0) is 14.4. The number of halogens is 3. The second-order valence-electron chi connectivity index (χ2n) is 5.16. The van der Waals surface area contributed by atoms with Gasteiger partial charge in [0.2, 0.25) is 0 Å². The molecule has 0 aliphatic rings. The molecule has 0 fully saturated rings. The van der Waals surface area contributed by atoms with Crippen LogP contribution < -0.4 is 0 Å². The fourth-order valence-corrected chi connectivity index (χ4v) is 2.99. The molecule has 0 amide bonds. The summed E-state index contributed by atoms with van der Waals surface area (Å²) in [7, 11) is 0. The van der Waals surface area contributed by atoms with Gasteiger partial charge in [0, 0.05) is 6.42 Å². The molecule has 0 rings (SSSR count). The third kappa shape index (κ3) is 18.1. The number of alkyl halides is 3. The molecule has 0 aliphatic heterocycles. The van der Waals surface area contributed by atoms with Crippen LogP contribution in [0, 0.1) is 0 Å². The minimum absolute atomic E-state index is 0.286. The maximum Gasteiger partial charge on any atom is 0.389 e. The molecule has 0 heterocycles. The molecule has 0 atom stereocenters. The summed E-state index contributed by atoms with van der Waals surface area (Å²) in [5, 5.41) is 0. The lowest BCUT2D eigenvalue weighted by Gasteiger charge is -2.05. The number of rotatable bonds is 13. The lowest BCUT2D eigenvalue weighted by atomic mass is 10.1. The second kappa shape index (κ2) is 13.1. The maximum absolute atomic E-state index is 11.9. The van der Waals surface area contributed by atoms with Crippen molar-refractivity contribution in [2.75, 3.05) is 11.5 Å². The van der Waals surface area contributed by atoms with Crippen LogP contribution in [0.15, 0.2) is 0 Å². The smallest absolute Gasteiger partial charge is 0.171 e. The third-order valence-corrected chi connectivity index (χ3v) is 4.30. The lowest BCUT2D eigenvalue weighted by molar-refractivity contribution is -0.135. The Morgan fingerprint density at radius 2 is 1.16 bits per heavy atom. The Balaban J connectivity index is 2.99. The average Bonchev–Trinajstić information content (AvgIpc) is 2.34. The second-order valence-corrected chi connectivity index (χ2v) is 6.38. The van der Waals surface area contributed by atoms with Gasteiger partial charge in [-0.15, -0.1) is 0 Å². The van der Waals surface area contributed by atoms with Crippen molar-refractivity contribution in [3.63, 3.8) is 0 Å². The van der Waals surface area contributed by atoms with E-state index in [2.05, 4.69) is 6.92 Å². The number of hydrogen-bond donors (Lipinski definition) is 0. The Bertz CT molecular complexity index is 181. The van der Waals surface area contributed by atoms with Gasteiger partial charge in [-0.2, -0.15) is 24.9 Å². The minimum atomic E-state index is -3.97. The van der Waals surface area contributed by atoms with Gasteiger partial charge in [-0.05, 0) is 30.8 Å². The number of thioether (sulfide) groups is 1. The molecule has 0 spiro atoms. The Morgan fingerprint density at radius 3 is 1.68 bits per heavy atom. The Hall–Kier alpha value is 0.140. The van der Waals surface area contributed by atoms with Crippen LogP contribution in [0.2, 0.25) is 0 Å². The summed E-state index contributed by atoms with van der Waals surface area (Å²) in [6.45, 7) is 2.23. The highest BCUT2D eigenvalue weighted by Gasteiger charge is 2.25. The molecule has 0 nitrogen and oxygen atoms in total. The first-order valence-corrected chi connectivity index (χ1v) is 8.86. The number of hydrogen-bond acceptors (Lipinski definition) is 1. The summed E-state index contributed by atoms with van der Waals surface area (Å²) in [6.07, 6.45) is 6.93. The molecule has 0 aromatic heterocycles. The average molecular weight is 298 g/mol. The molecular weight excluding hydrogens is 269 g/mol. The lowest BCUT2D eigenvalue weighted by Crippen LogP contribution is -2.06. The molecular formula is C15H29F3S. The highest BCUT2D eigenvalue weighted by atomic mass is 32.2. The van der Waals surface area contributed by atoms with E-state index in [-0.39, 0.29) is 6.42 Å². The van der Waals surface area contributed by atoms with Crippen LogP contribution in [0.4, 0.5) is 13.2 Å². The minimum Gasteiger partial charge on any atom is -0.171 e. The molecule has 0 saturated carbocycles. The van der Waals surface area contributed by atoms with Crippen LogP contribution in [0.5, 0.6) is 0 Å². The molecule has 0 bridgehead atoms. The molecule has 0 radical (unpaired) electrons. The van der Waals surface area contributed by atoms with Crippen molar-refractivity contribution in [3.05, 3.63) is 0 Å². The van der Waals surface area contributed by atoms with Crippen LogP contribution in [-0.2, 0) is 0 Å². The van der Waals surface area contributed by atoms with Crippen LogP contribution in [0.25, 0.3) is 0 Å². The van der Waals surface area contributed by atoms with Gasteiger partial charge in [-0.1, -0.05) is 51.9 Å². The summed E-state index contributed by atoms with van der Waals surface area (Å²) in [6, 6.07) is 0. The first kappa shape index (κ1) is 19.1. The van der Waals surface area contributed by atoms with E-state index < -0.39 is 12.6 Å². The molecule has 0 aliphatic carbocycles. The summed E-state index contributed by atoms with van der Waals surface area (Å²) in [5.41, 5.74) is 0. The monoisotopic (exact) mass is 298 g/mol. The third-order valence-electron chi connectivity index (χ3n) is 3.14. The molecule has 0 aromatic rings. The maximum atomic E-state index is 11.9. The fourth-order valence-electron chi connectivity index (χ4n) is 1.97.